The van der Waals surface area contributed by atoms with Crippen molar-refractivity contribution in [3.8, 4) is 23.3 Å². The molecule has 2 heterocycles. The Hall–Kier alpha value is -4.08. The Balaban J connectivity index is 1.51. The summed E-state index contributed by atoms with van der Waals surface area (Å²) in [4.78, 5) is 6.31. The SMILES string of the molecule is COc1ccc2c(c1)C(N1CCN(S(=O)(=O)c3ccccc3C#N)CC1)=Nc1cc(C(F)(F)F)ccc1O2. The molecule has 0 spiro atoms. The number of hydrogen-bond donors (Lipinski definition) is 0. The fourth-order valence-electron chi connectivity index (χ4n) is 4.36. The highest BCUT2D eigenvalue weighted by molar-refractivity contribution is 7.89. The van der Waals surface area contributed by atoms with Gasteiger partial charge in [0, 0.05) is 26.2 Å². The van der Waals surface area contributed by atoms with Crippen molar-refractivity contribution in [2.75, 3.05) is 33.3 Å². The molecule has 0 saturated carbocycles. The van der Waals surface area contributed by atoms with Crippen molar-refractivity contribution < 1.29 is 31.1 Å². The van der Waals surface area contributed by atoms with E-state index in [9.17, 15) is 26.9 Å². The van der Waals surface area contributed by atoms with Crippen molar-refractivity contribution in [1.29, 1.82) is 5.26 Å². The molecule has 2 aliphatic rings. The number of aliphatic imine (C=N–C) groups is 1. The lowest BCUT2D eigenvalue weighted by molar-refractivity contribution is -0.137. The Morgan fingerprint density at radius 3 is 2.39 bits per heavy atom. The van der Waals surface area contributed by atoms with Gasteiger partial charge in [0.15, 0.2) is 5.75 Å². The molecule has 196 valence electrons. The molecule has 38 heavy (non-hydrogen) atoms. The fraction of sp³-hybridized carbons (Fsp3) is 0.231. The first-order valence-corrected chi connectivity index (χ1v) is 13.0. The molecule has 2 aliphatic heterocycles. The van der Waals surface area contributed by atoms with Gasteiger partial charge in [0.2, 0.25) is 10.0 Å². The molecule has 1 fully saturated rings. The van der Waals surface area contributed by atoms with Gasteiger partial charge in [-0.05, 0) is 48.5 Å². The molecule has 5 rings (SSSR count). The number of nitrogens with zero attached hydrogens (tertiary/aromatic N) is 4. The summed E-state index contributed by atoms with van der Waals surface area (Å²) < 4.78 is 79.4. The number of ether oxygens (including phenoxy) is 2. The predicted octanol–water partition coefficient (Wildman–Crippen LogP) is 4.78. The Morgan fingerprint density at radius 2 is 1.71 bits per heavy atom. The number of halogens is 3. The molecule has 0 radical (unpaired) electrons. The number of methoxy groups -OCH3 is 1. The van der Waals surface area contributed by atoms with Crippen molar-refractivity contribution >= 4 is 21.5 Å². The predicted molar refractivity (Wildman–Crippen MR) is 132 cm³/mol. The summed E-state index contributed by atoms with van der Waals surface area (Å²) in [5, 5.41) is 9.36. The van der Waals surface area contributed by atoms with Crippen LogP contribution in [0.3, 0.4) is 0 Å². The molecule has 3 aromatic rings. The maximum atomic E-state index is 13.4. The smallest absolute Gasteiger partial charge is 0.416 e. The number of hydrogen-bond acceptors (Lipinski definition) is 7. The third-order valence-electron chi connectivity index (χ3n) is 6.32. The first-order chi connectivity index (χ1) is 18.1. The highest BCUT2D eigenvalue weighted by Crippen LogP contribution is 2.42. The van der Waals surface area contributed by atoms with Crippen LogP contribution in [0.4, 0.5) is 18.9 Å². The first-order valence-electron chi connectivity index (χ1n) is 11.5. The molecule has 0 N–H and O–H groups in total. The number of amidine groups is 1. The average Bonchev–Trinajstić information content (AvgIpc) is 3.08. The second kappa shape index (κ2) is 9.66. The van der Waals surface area contributed by atoms with Crippen LogP contribution < -0.4 is 9.47 Å². The Bertz CT molecular complexity index is 1570. The van der Waals surface area contributed by atoms with E-state index in [2.05, 4.69) is 4.99 Å². The molecule has 0 unspecified atom stereocenters. The Labute approximate surface area is 217 Å². The Kier molecular flexibility index (Phi) is 6.50. The molecule has 8 nitrogen and oxygen atoms in total. The quantitative estimate of drug-likeness (QED) is 0.473. The molecule has 0 bridgehead atoms. The van der Waals surface area contributed by atoms with Crippen LogP contribution in [0.15, 0.2) is 70.6 Å². The molecule has 0 aliphatic carbocycles. The van der Waals surface area contributed by atoms with E-state index in [0.29, 0.717) is 22.9 Å². The molecule has 0 amide bonds. The number of sulfonamides is 1. The van der Waals surface area contributed by atoms with E-state index < -0.39 is 21.8 Å². The van der Waals surface area contributed by atoms with E-state index in [1.54, 1.807) is 35.2 Å². The van der Waals surface area contributed by atoms with Gasteiger partial charge in [-0.15, -0.1) is 0 Å². The zero-order chi connectivity index (χ0) is 27.1. The monoisotopic (exact) mass is 542 g/mol. The van der Waals surface area contributed by atoms with Gasteiger partial charge in [-0.25, -0.2) is 13.4 Å². The number of nitriles is 1. The topological polar surface area (TPSA) is 95.2 Å². The highest BCUT2D eigenvalue weighted by Gasteiger charge is 2.34. The summed E-state index contributed by atoms with van der Waals surface area (Å²) in [6.07, 6.45) is -4.56. The van der Waals surface area contributed by atoms with Crippen LogP contribution in [0.5, 0.6) is 17.2 Å². The normalized spacial score (nSPS) is 15.9. The number of alkyl halides is 3. The zero-order valence-electron chi connectivity index (χ0n) is 20.1. The van der Waals surface area contributed by atoms with Crippen molar-refractivity contribution in [2.24, 2.45) is 4.99 Å². The van der Waals surface area contributed by atoms with E-state index in [1.165, 1.54) is 29.6 Å². The summed E-state index contributed by atoms with van der Waals surface area (Å²) in [7, 11) is -2.44. The lowest BCUT2D eigenvalue weighted by Crippen LogP contribution is -2.50. The van der Waals surface area contributed by atoms with Crippen LogP contribution in [0, 0.1) is 11.3 Å². The van der Waals surface area contributed by atoms with Crippen LogP contribution in [0.1, 0.15) is 16.7 Å². The molecule has 1 saturated heterocycles. The minimum atomic E-state index is -4.56. The first kappa shape index (κ1) is 25.6. The van der Waals surface area contributed by atoms with E-state index in [0.717, 1.165) is 12.1 Å². The van der Waals surface area contributed by atoms with E-state index in [4.69, 9.17) is 9.47 Å². The lowest BCUT2D eigenvalue weighted by atomic mass is 10.1. The largest absolute Gasteiger partial charge is 0.497 e. The van der Waals surface area contributed by atoms with Crippen LogP contribution in [-0.2, 0) is 16.2 Å². The van der Waals surface area contributed by atoms with Crippen molar-refractivity contribution in [3.05, 3.63) is 77.4 Å². The van der Waals surface area contributed by atoms with Gasteiger partial charge < -0.3 is 14.4 Å². The second-order valence-electron chi connectivity index (χ2n) is 8.58. The number of piperazine rings is 1. The molecule has 0 atom stereocenters. The van der Waals surface area contributed by atoms with E-state index >= 15 is 0 Å². The lowest BCUT2D eigenvalue weighted by Gasteiger charge is -2.36. The van der Waals surface area contributed by atoms with Crippen LogP contribution >= 0.6 is 0 Å². The van der Waals surface area contributed by atoms with E-state index in [1.807, 2.05) is 6.07 Å². The number of rotatable bonds is 3. The van der Waals surface area contributed by atoms with Gasteiger partial charge in [-0.1, -0.05) is 12.1 Å². The van der Waals surface area contributed by atoms with Crippen LogP contribution in [0.2, 0.25) is 0 Å². The van der Waals surface area contributed by atoms with Crippen molar-refractivity contribution in [1.82, 2.24) is 9.21 Å². The molecular weight excluding hydrogens is 521 g/mol. The maximum Gasteiger partial charge on any atom is 0.416 e. The summed E-state index contributed by atoms with van der Waals surface area (Å²) in [6, 6.07) is 16.0. The molecule has 12 heteroatoms. The van der Waals surface area contributed by atoms with Gasteiger partial charge in [-0.2, -0.15) is 22.7 Å². The summed E-state index contributed by atoms with van der Waals surface area (Å²) in [5.41, 5.74) is -0.305. The minimum absolute atomic E-state index is 0.00277. The number of benzene rings is 3. The zero-order valence-corrected chi connectivity index (χ0v) is 20.9. The molecule has 3 aromatic carbocycles. The van der Waals surface area contributed by atoms with Crippen LogP contribution in [0.25, 0.3) is 0 Å². The maximum absolute atomic E-state index is 13.4. The molecule has 0 aromatic heterocycles. The fourth-order valence-corrected chi connectivity index (χ4v) is 5.93. The number of fused-ring (bicyclic) bond motifs is 2. The van der Waals surface area contributed by atoms with Gasteiger partial charge in [0.1, 0.15) is 29.1 Å². The van der Waals surface area contributed by atoms with Crippen molar-refractivity contribution in [2.45, 2.75) is 11.1 Å². The minimum Gasteiger partial charge on any atom is -0.497 e. The van der Waals surface area contributed by atoms with Gasteiger partial charge >= 0.3 is 6.18 Å². The van der Waals surface area contributed by atoms with E-state index in [-0.39, 0.29) is 48.1 Å². The molecular formula is C26H21F3N4O4S. The third kappa shape index (κ3) is 4.66. The van der Waals surface area contributed by atoms with Crippen LogP contribution in [-0.4, -0.2) is 56.7 Å². The van der Waals surface area contributed by atoms with Gasteiger partial charge in [0.05, 0.1) is 28.7 Å². The summed E-state index contributed by atoms with van der Waals surface area (Å²) in [6.45, 7) is 0.572. The second-order valence-corrected chi connectivity index (χ2v) is 10.5. The Morgan fingerprint density at radius 1 is 1.00 bits per heavy atom. The standard InChI is InChI=1S/C26H21F3N4O4S/c1-36-19-7-9-22-20(15-19)25(31-21-14-18(26(27,28)29)6-8-23(21)37-22)32-10-12-33(13-11-32)38(34,35)24-5-3-2-4-17(24)16-30/h2-9,14-15H,10-13H2,1H3. The average molecular weight is 543 g/mol. The highest BCUT2D eigenvalue weighted by atomic mass is 32.2. The van der Waals surface area contributed by atoms with Gasteiger partial charge in [0.25, 0.3) is 0 Å². The summed E-state index contributed by atoms with van der Waals surface area (Å²) in [5.74, 6) is 1.37. The van der Waals surface area contributed by atoms with Gasteiger partial charge in [-0.3, -0.25) is 0 Å². The summed E-state index contributed by atoms with van der Waals surface area (Å²) >= 11 is 0. The third-order valence-corrected chi connectivity index (χ3v) is 8.28. The van der Waals surface area contributed by atoms with Crippen molar-refractivity contribution in [3.63, 3.8) is 0 Å².